The zero-order valence-electron chi connectivity index (χ0n) is 10.8. The highest BCUT2D eigenvalue weighted by Gasteiger charge is 2.23. The van der Waals surface area contributed by atoms with E-state index < -0.39 is 0 Å². The van der Waals surface area contributed by atoms with E-state index in [-0.39, 0.29) is 0 Å². The van der Waals surface area contributed by atoms with Gasteiger partial charge in [-0.2, -0.15) is 0 Å². The van der Waals surface area contributed by atoms with Crippen LogP contribution in [-0.4, -0.2) is 6.61 Å². The van der Waals surface area contributed by atoms with E-state index in [4.69, 9.17) is 9.15 Å². The maximum absolute atomic E-state index is 5.54. The number of aryl methyl sites for hydroxylation is 1. The minimum atomic E-state index is 0.378. The highest BCUT2D eigenvalue weighted by molar-refractivity contribution is 5.54. The topological polar surface area (TPSA) is 34.4 Å². The lowest BCUT2D eigenvalue weighted by Crippen LogP contribution is -2.15. The van der Waals surface area contributed by atoms with Gasteiger partial charge in [0.1, 0.15) is 11.5 Å². The van der Waals surface area contributed by atoms with Crippen LogP contribution in [0.5, 0.6) is 5.75 Å². The van der Waals surface area contributed by atoms with E-state index >= 15 is 0 Å². The van der Waals surface area contributed by atoms with Crippen LogP contribution in [0.2, 0.25) is 0 Å². The third-order valence-corrected chi connectivity index (χ3v) is 4.08. The predicted octanol–water partition coefficient (Wildman–Crippen LogP) is 3.70. The highest BCUT2D eigenvalue weighted by Crippen LogP contribution is 2.35. The van der Waals surface area contributed by atoms with Gasteiger partial charge in [0.15, 0.2) is 0 Å². The molecule has 0 saturated heterocycles. The number of ether oxygens (including phenoxy) is 1. The first-order chi connectivity index (χ1) is 9.40. The maximum Gasteiger partial charge on any atom is 0.122 e. The minimum absolute atomic E-state index is 0.378. The normalized spacial score (nSPS) is 20.5. The van der Waals surface area contributed by atoms with Crippen LogP contribution in [0.25, 0.3) is 0 Å². The molecule has 1 aromatic heterocycles. The molecule has 0 radical (unpaired) electrons. The summed E-state index contributed by atoms with van der Waals surface area (Å²) in [6.45, 7) is 0.814. The molecule has 1 aliphatic heterocycles. The van der Waals surface area contributed by atoms with Crippen molar-refractivity contribution in [3.05, 3.63) is 47.4 Å². The molecular formula is C16H17NO2. The van der Waals surface area contributed by atoms with E-state index in [0.717, 1.165) is 31.0 Å². The van der Waals surface area contributed by atoms with Gasteiger partial charge < -0.3 is 14.5 Å². The first kappa shape index (κ1) is 11.0. The number of rotatable bonds is 2. The quantitative estimate of drug-likeness (QED) is 0.888. The molecule has 0 amide bonds. The van der Waals surface area contributed by atoms with Crippen LogP contribution < -0.4 is 10.1 Å². The summed E-state index contributed by atoms with van der Waals surface area (Å²) in [5.41, 5.74) is 3.82. The number of nitrogens with one attached hydrogen (secondary N) is 1. The molecule has 1 aromatic carbocycles. The van der Waals surface area contributed by atoms with Gasteiger partial charge in [-0.25, -0.2) is 0 Å². The van der Waals surface area contributed by atoms with Crippen LogP contribution in [0.4, 0.5) is 5.69 Å². The zero-order valence-corrected chi connectivity index (χ0v) is 10.8. The molecule has 1 atom stereocenters. The molecule has 1 N–H and O–H groups in total. The molecule has 2 heterocycles. The Hall–Kier alpha value is -1.90. The van der Waals surface area contributed by atoms with Gasteiger partial charge in [-0.1, -0.05) is 0 Å². The highest BCUT2D eigenvalue weighted by atomic mass is 16.5. The number of fused-ring (bicyclic) bond motifs is 2. The molecule has 0 bridgehead atoms. The monoisotopic (exact) mass is 255 g/mol. The lowest BCUT2D eigenvalue weighted by Gasteiger charge is -2.24. The van der Waals surface area contributed by atoms with E-state index in [2.05, 4.69) is 29.6 Å². The second kappa shape index (κ2) is 4.34. The van der Waals surface area contributed by atoms with Crippen LogP contribution in [0.1, 0.15) is 35.8 Å². The average Bonchev–Trinajstić information content (AvgIpc) is 3.06. The average molecular weight is 255 g/mol. The molecule has 4 rings (SSSR count). The second-order valence-electron chi connectivity index (χ2n) is 5.31. The van der Waals surface area contributed by atoms with Gasteiger partial charge in [0.25, 0.3) is 0 Å². The molecule has 3 nitrogen and oxygen atoms in total. The summed E-state index contributed by atoms with van der Waals surface area (Å²) in [7, 11) is 0. The van der Waals surface area contributed by atoms with Crippen LogP contribution in [0.3, 0.4) is 0 Å². The Bertz CT molecular complexity index is 603. The molecule has 1 aliphatic carbocycles. The minimum Gasteiger partial charge on any atom is -0.493 e. The van der Waals surface area contributed by atoms with Gasteiger partial charge in [0.2, 0.25) is 0 Å². The van der Waals surface area contributed by atoms with Crippen LogP contribution in [0, 0.1) is 0 Å². The Morgan fingerprint density at radius 2 is 2.16 bits per heavy atom. The van der Waals surface area contributed by atoms with Crippen molar-refractivity contribution in [1.29, 1.82) is 0 Å². The summed E-state index contributed by atoms with van der Waals surface area (Å²) < 4.78 is 11.1. The fourth-order valence-corrected chi connectivity index (χ4v) is 3.11. The molecule has 19 heavy (non-hydrogen) atoms. The fraction of sp³-hybridized carbons (Fsp3) is 0.375. The Morgan fingerprint density at radius 3 is 3.16 bits per heavy atom. The molecule has 2 aromatic rings. The lowest BCUT2D eigenvalue weighted by atomic mass is 9.93. The van der Waals surface area contributed by atoms with Crippen molar-refractivity contribution >= 4 is 5.69 Å². The van der Waals surface area contributed by atoms with Gasteiger partial charge in [0, 0.05) is 24.1 Å². The van der Waals surface area contributed by atoms with Crippen molar-refractivity contribution in [3.8, 4) is 5.75 Å². The van der Waals surface area contributed by atoms with E-state index in [1.54, 1.807) is 6.26 Å². The number of hydrogen-bond donors (Lipinski definition) is 1. The summed E-state index contributed by atoms with van der Waals surface area (Å²) in [5.74, 6) is 2.19. The van der Waals surface area contributed by atoms with E-state index in [1.165, 1.54) is 29.7 Å². The summed E-state index contributed by atoms with van der Waals surface area (Å²) in [5, 5.41) is 3.64. The van der Waals surface area contributed by atoms with Crippen LogP contribution in [0.15, 0.2) is 34.9 Å². The molecule has 1 unspecified atom stereocenters. The summed E-state index contributed by atoms with van der Waals surface area (Å²) >= 11 is 0. The third kappa shape index (κ3) is 1.89. The van der Waals surface area contributed by atoms with Crippen molar-refractivity contribution < 1.29 is 9.15 Å². The van der Waals surface area contributed by atoms with Gasteiger partial charge >= 0.3 is 0 Å². The SMILES string of the molecule is c1cc2c(o1)CCCC2Nc1ccc2c(c1)CCO2. The number of furan rings is 1. The fourth-order valence-electron chi connectivity index (χ4n) is 3.11. The van der Waals surface area contributed by atoms with Crippen LogP contribution >= 0.6 is 0 Å². The van der Waals surface area contributed by atoms with E-state index in [0.29, 0.717) is 6.04 Å². The summed E-state index contributed by atoms with van der Waals surface area (Å²) in [6, 6.07) is 8.88. The van der Waals surface area contributed by atoms with Crippen molar-refractivity contribution in [1.82, 2.24) is 0 Å². The van der Waals surface area contributed by atoms with Crippen molar-refractivity contribution in [2.45, 2.75) is 31.7 Å². The molecule has 2 aliphatic rings. The van der Waals surface area contributed by atoms with Gasteiger partial charge in [-0.15, -0.1) is 0 Å². The largest absolute Gasteiger partial charge is 0.493 e. The zero-order chi connectivity index (χ0) is 12.7. The molecule has 0 saturated carbocycles. The first-order valence-electron chi connectivity index (χ1n) is 6.99. The van der Waals surface area contributed by atoms with Crippen molar-refractivity contribution in [3.63, 3.8) is 0 Å². The number of benzene rings is 1. The number of hydrogen-bond acceptors (Lipinski definition) is 3. The molecule has 0 fully saturated rings. The molecule has 0 spiro atoms. The van der Waals surface area contributed by atoms with Gasteiger partial charge in [-0.05, 0) is 42.7 Å². The van der Waals surface area contributed by atoms with Crippen molar-refractivity contribution in [2.24, 2.45) is 0 Å². The van der Waals surface area contributed by atoms with Gasteiger partial charge in [0.05, 0.1) is 18.9 Å². The predicted molar refractivity (Wildman–Crippen MR) is 73.7 cm³/mol. The lowest BCUT2D eigenvalue weighted by molar-refractivity contribution is 0.357. The van der Waals surface area contributed by atoms with Crippen molar-refractivity contribution in [2.75, 3.05) is 11.9 Å². The maximum atomic E-state index is 5.54. The van der Waals surface area contributed by atoms with Crippen LogP contribution in [-0.2, 0) is 12.8 Å². The third-order valence-electron chi connectivity index (χ3n) is 4.08. The van der Waals surface area contributed by atoms with E-state index in [9.17, 15) is 0 Å². The Labute approximate surface area is 112 Å². The Kier molecular flexibility index (Phi) is 2.50. The smallest absolute Gasteiger partial charge is 0.122 e. The summed E-state index contributed by atoms with van der Waals surface area (Å²) in [6.07, 6.45) is 6.25. The standard InChI is InChI=1S/C16H17NO2/c1-2-14(13-7-9-19-16(13)3-1)17-12-4-5-15-11(10-12)6-8-18-15/h4-5,7,9-10,14,17H,1-3,6,8H2. The molecule has 3 heteroatoms. The summed E-state index contributed by atoms with van der Waals surface area (Å²) in [4.78, 5) is 0. The number of anilines is 1. The molecule has 98 valence electrons. The Morgan fingerprint density at radius 1 is 1.16 bits per heavy atom. The van der Waals surface area contributed by atoms with Gasteiger partial charge in [-0.3, -0.25) is 0 Å². The first-order valence-corrected chi connectivity index (χ1v) is 6.99. The second-order valence-corrected chi connectivity index (χ2v) is 5.31. The molecular weight excluding hydrogens is 238 g/mol. The van der Waals surface area contributed by atoms with E-state index in [1.807, 2.05) is 0 Å². The Balaban J connectivity index is 1.59.